The smallest absolute Gasteiger partial charge is 0.126 e. The lowest BCUT2D eigenvalue weighted by Crippen LogP contribution is -1.94. The van der Waals surface area contributed by atoms with Crippen molar-refractivity contribution >= 4 is 6.21 Å². The highest BCUT2D eigenvalue weighted by atomic mass is 19.1. The van der Waals surface area contributed by atoms with E-state index in [0.29, 0.717) is 11.1 Å². The third-order valence-electron chi connectivity index (χ3n) is 1.96. The Bertz CT molecular complexity index is 305. The van der Waals surface area contributed by atoms with Crippen LogP contribution in [0.25, 0.3) is 0 Å². The number of aryl methyl sites for hydroxylation is 2. The van der Waals surface area contributed by atoms with E-state index in [-0.39, 0.29) is 5.82 Å². The van der Waals surface area contributed by atoms with Crippen molar-refractivity contribution in [2.24, 2.45) is 0 Å². The molecule has 0 aliphatic rings. The van der Waals surface area contributed by atoms with Crippen molar-refractivity contribution < 1.29 is 4.39 Å². The zero-order valence-electron chi connectivity index (χ0n) is 7.32. The highest BCUT2D eigenvalue weighted by Crippen LogP contribution is 2.14. The summed E-state index contributed by atoms with van der Waals surface area (Å²) in [6, 6.07) is 3.22. The van der Waals surface area contributed by atoms with Crippen molar-refractivity contribution in [1.29, 1.82) is 5.41 Å². The van der Waals surface area contributed by atoms with Crippen LogP contribution in [0.5, 0.6) is 0 Å². The van der Waals surface area contributed by atoms with Gasteiger partial charge in [-0.15, -0.1) is 0 Å². The van der Waals surface area contributed by atoms with E-state index in [0.717, 1.165) is 12.0 Å². The van der Waals surface area contributed by atoms with Crippen LogP contribution in [0.15, 0.2) is 12.1 Å². The molecule has 0 saturated carbocycles. The standard InChI is InChI=1S/C10H12FN/c1-3-8-4-7(2)10(11)5-9(8)6-12/h4-6,12H,3H2,1-2H3. The number of nitrogens with one attached hydrogen (secondary N) is 1. The summed E-state index contributed by atoms with van der Waals surface area (Å²) in [5.74, 6) is -0.231. The number of halogens is 1. The molecule has 64 valence electrons. The zero-order chi connectivity index (χ0) is 9.14. The molecule has 1 nitrogen and oxygen atoms in total. The van der Waals surface area contributed by atoms with Crippen LogP contribution in [-0.4, -0.2) is 6.21 Å². The lowest BCUT2D eigenvalue weighted by Gasteiger charge is -2.04. The third-order valence-corrected chi connectivity index (χ3v) is 1.96. The van der Waals surface area contributed by atoms with Crippen LogP contribution in [0.2, 0.25) is 0 Å². The Morgan fingerprint density at radius 3 is 2.67 bits per heavy atom. The molecule has 0 unspecified atom stereocenters. The van der Waals surface area contributed by atoms with E-state index in [2.05, 4.69) is 0 Å². The van der Waals surface area contributed by atoms with Crippen molar-refractivity contribution in [1.82, 2.24) is 0 Å². The quantitative estimate of drug-likeness (QED) is 0.651. The molecular weight excluding hydrogens is 153 g/mol. The molecule has 1 N–H and O–H groups in total. The van der Waals surface area contributed by atoms with Gasteiger partial charge in [0.2, 0.25) is 0 Å². The van der Waals surface area contributed by atoms with E-state index < -0.39 is 0 Å². The summed E-state index contributed by atoms with van der Waals surface area (Å²) in [7, 11) is 0. The fourth-order valence-corrected chi connectivity index (χ4v) is 1.20. The maximum Gasteiger partial charge on any atom is 0.126 e. The van der Waals surface area contributed by atoms with Crippen LogP contribution in [0, 0.1) is 18.2 Å². The van der Waals surface area contributed by atoms with E-state index in [1.165, 1.54) is 12.3 Å². The fraction of sp³-hybridized carbons (Fsp3) is 0.300. The van der Waals surface area contributed by atoms with Gasteiger partial charge >= 0.3 is 0 Å². The molecule has 2 heteroatoms. The SMILES string of the molecule is CCc1cc(C)c(F)cc1C=N. The molecule has 0 fully saturated rings. The van der Waals surface area contributed by atoms with E-state index in [4.69, 9.17) is 5.41 Å². The minimum atomic E-state index is -0.231. The Balaban J connectivity index is 3.28. The van der Waals surface area contributed by atoms with Crippen LogP contribution >= 0.6 is 0 Å². The Morgan fingerprint density at radius 1 is 1.50 bits per heavy atom. The molecule has 0 saturated heterocycles. The third kappa shape index (κ3) is 1.52. The first kappa shape index (κ1) is 8.91. The first-order chi connectivity index (χ1) is 5.69. The monoisotopic (exact) mass is 165 g/mol. The zero-order valence-corrected chi connectivity index (χ0v) is 7.32. The van der Waals surface area contributed by atoms with Crippen LogP contribution in [0.1, 0.15) is 23.6 Å². The van der Waals surface area contributed by atoms with E-state index in [1.807, 2.05) is 6.92 Å². The summed E-state index contributed by atoms with van der Waals surface area (Å²) in [6.07, 6.45) is 2.03. The predicted molar refractivity (Wildman–Crippen MR) is 48.4 cm³/mol. The highest BCUT2D eigenvalue weighted by Gasteiger charge is 2.03. The van der Waals surface area contributed by atoms with E-state index in [9.17, 15) is 4.39 Å². The molecule has 1 aromatic rings. The lowest BCUT2D eigenvalue weighted by atomic mass is 10.0. The molecule has 1 aromatic carbocycles. The summed E-state index contributed by atoms with van der Waals surface area (Å²) in [5.41, 5.74) is 2.36. The molecule has 0 radical (unpaired) electrons. The maximum absolute atomic E-state index is 13.0. The first-order valence-corrected chi connectivity index (χ1v) is 3.98. The molecular formula is C10H12FN. The van der Waals surface area contributed by atoms with Crippen LogP contribution in [0.4, 0.5) is 4.39 Å². The number of hydrogen-bond acceptors (Lipinski definition) is 1. The predicted octanol–water partition coefficient (Wildman–Crippen LogP) is 2.69. The van der Waals surface area contributed by atoms with Gasteiger partial charge in [-0.1, -0.05) is 13.0 Å². The van der Waals surface area contributed by atoms with Crippen molar-refractivity contribution in [3.8, 4) is 0 Å². The minimum absolute atomic E-state index is 0.231. The number of rotatable bonds is 2. The Hall–Kier alpha value is -1.18. The molecule has 1 rings (SSSR count). The van der Waals surface area contributed by atoms with Crippen LogP contribution in [0.3, 0.4) is 0 Å². The van der Waals surface area contributed by atoms with Gasteiger partial charge in [0, 0.05) is 6.21 Å². The average Bonchev–Trinajstić information content (AvgIpc) is 2.09. The van der Waals surface area contributed by atoms with Gasteiger partial charge in [-0.3, -0.25) is 0 Å². The van der Waals surface area contributed by atoms with Gasteiger partial charge in [0.05, 0.1) is 0 Å². The summed E-state index contributed by atoms with van der Waals surface area (Å²) in [5, 5.41) is 7.06. The van der Waals surface area contributed by atoms with Gasteiger partial charge in [0.15, 0.2) is 0 Å². The molecule has 0 amide bonds. The van der Waals surface area contributed by atoms with Crippen LogP contribution in [-0.2, 0) is 6.42 Å². The van der Waals surface area contributed by atoms with Gasteiger partial charge < -0.3 is 5.41 Å². The number of benzene rings is 1. The second kappa shape index (κ2) is 3.48. The molecule has 12 heavy (non-hydrogen) atoms. The van der Waals surface area contributed by atoms with Gasteiger partial charge in [0.1, 0.15) is 5.82 Å². The largest absolute Gasteiger partial charge is 0.308 e. The molecule has 0 aromatic heterocycles. The lowest BCUT2D eigenvalue weighted by molar-refractivity contribution is 0.617. The summed E-state index contributed by atoms with van der Waals surface area (Å²) in [4.78, 5) is 0. The fourth-order valence-electron chi connectivity index (χ4n) is 1.20. The van der Waals surface area contributed by atoms with Crippen molar-refractivity contribution in [2.75, 3.05) is 0 Å². The molecule has 0 heterocycles. The first-order valence-electron chi connectivity index (χ1n) is 3.98. The normalized spacial score (nSPS) is 9.92. The van der Waals surface area contributed by atoms with E-state index in [1.54, 1.807) is 13.0 Å². The second-order valence-electron chi connectivity index (χ2n) is 2.80. The summed E-state index contributed by atoms with van der Waals surface area (Å²) < 4.78 is 13.0. The highest BCUT2D eigenvalue weighted by molar-refractivity contribution is 5.79. The maximum atomic E-state index is 13.0. The topological polar surface area (TPSA) is 23.9 Å². The van der Waals surface area contributed by atoms with Gasteiger partial charge in [-0.05, 0) is 36.1 Å². The van der Waals surface area contributed by atoms with Crippen molar-refractivity contribution in [2.45, 2.75) is 20.3 Å². The van der Waals surface area contributed by atoms with Gasteiger partial charge in [-0.2, -0.15) is 0 Å². The van der Waals surface area contributed by atoms with Crippen molar-refractivity contribution in [3.05, 3.63) is 34.6 Å². The molecule has 0 atom stereocenters. The summed E-state index contributed by atoms with van der Waals surface area (Å²) >= 11 is 0. The molecule has 0 aliphatic carbocycles. The van der Waals surface area contributed by atoms with Gasteiger partial charge in [-0.25, -0.2) is 4.39 Å². The van der Waals surface area contributed by atoms with Gasteiger partial charge in [0.25, 0.3) is 0 Å². The Kier molecular flexibility index (Phi) is 2.58. The Labute approximate surface area is 71.7 Å². The average molecular weight is 165 g/mol. The number of hydrogen-bond donors (Lipinski definition) is 1. The second-order valence-corrected chi connectivity index (χ2v) is 2.80. The summed E-state index contributed by atoms with van der Waals surface area (Å²) in [6.45, 7) is 3.74. The minimum Gasteiger partial charge on any atom is -0.308 e. The van der Waals surface area contributed by atoms with E-state index >= 15 is 0 Å². The molecule has 0 aliphatic heterocycles. The molecule has 0 bridgehead atoms. The van der Waals surface area contributed by atoms with Crippen LogP contribution < -0.4 is 0 Å². The van der Waals surface area contributed by atoms with Crippen molar-refractivity contribution in [3.63, 3.8) is 0 Å². The molecule has 0 spiro atoms. The Morgan fingerprint density at radius 2 is 2.17 bits per heavy atom.